The highest BCUT2D eigenvalue weighted by molar-refractivity contribution is 6.00. The van der Waals surface area contributed by atoms with E-state index in [2.05, 4.69) is 20.2 Å². The summed E-state index contributed by atoms with van der Waals surface area (Å²) >= 11 is 0. The lowest BCUT2D eigenvalue weighted by Crippen LogP contribution is -2.50. The Morgan fingerprint density at radius 1 is 1.12 bits per heavy atom. The van der Waals surface area contributed by atoms with Gasteiger partial charge in [-0.3, -0.25) is 4.98 Å². The van der Waals surface area contributed by atoms with Gasteiger partial charge in [-0.1, -0.05) is 6.07 Å². The summed E-state index contributed by atoms with van der Waals surface area (Å²) in [6.45, 7) is 2.82. The highest BCUT2D eigenvalue weighted by Crippen LogP contribution is 2.24. The Morgan fingerprint density at radius 3 is 2.72 bits per heavy atom. The van der Waals surface area contributed by atoms with E-state index < -0.39 is 0 Å². The van der Waals surface area contributed by atoms with E-state index in [1.165, 1.54) is 0 Å². The first kappa shape index (κ1) is 15.4. The molecule has 128 valence electrons. The van der Waals surface area contributed by atoms with Crippen LogP contribution in [0.15, 0.2) is 49.1 Å². The molecule has 1 fully saturated rings. The quantitative estimate of drug-likeness (QED) is 0.780. The van der Waals surface area contributed by atoms with Crippen LogP contribution in [-0.2, 0) is 7.05 Å². The van der Waals surface area contributed by atoms with Crippen molar-refractivity contribution >= 4 is 28.4 Å². The molecule has 1 aliphatic heterocycles. The molecular formula is C18H20N6O. The van der Waals surface area contributed by atoms with Crippen molar-refractivity contribution < 1.29 is 4.79 Å². The summed E-state index contributed by atoms with van der Waals surface area (Å²) in [5, 5.41) is 4.10. The van der Waals surface area contributed by atoms with Gasteiger partial charge in [0, 0.05) is 62.7 Å². The average molecular weight is 336 g/mol. The highest BCUT2D eigenvalue weighted by Gasteiger charge is 2.22. The molecule has 0 bridgehead atoms. The molecule has 1 aliphatic rings. The maximum absolute atomic E-state index is 12.6. The third-order valence-electron chi connectivity index (χ3n) is 4.61. The van der Waals surface area contributed by atoms with E-state index in [4.69, 9.17) is 0 Å². The number of rotatable bonds is 2. The SMILES string of the molecule is Cn1ccc2c(NC(=O)N3CCN(c4cnccn4)CC3)cccc21. The summed E-state index contributed by atoms with van der Waals surface area (Å²) in [7, 11) is 2.00. The molecule has 7 nitrogen and oxygen atoms in total. The van der Waals surface area contributed by atoms with Crippen LogP contribution in [0.5, 0.6) is 0 Å². The van der Waals surface area contributed by atoms with E-state index in [0.29, 0.717) is 13.1 Å². The number of nitrogens with zero attached hydrogens (tertiary/aromatic N) is 5. The molecule has 1 N–H and O–H groups in total. The lowest BCUT2D eigenvalue weighted by molar-refractivity contribution is 0.208. The minimum atomic E-state index is -0.0600. The molecule has 4 rings (SSSR count). The topological polar surface area (TPSA) is 66.3 Å². The van der Waals surface area contributed by atoms with E-state index in [9.17, 15) is 4.79 Å². The van der Waals surface area contributed by atoms with Crippen molar-refractivity contribution in [1.82, 2.24) is 19.4 Å². The molecular weight excluding hydrogens is 316 g/mol. The molecule has 2 amide bonds. The molecule has 2 aromatic heterocycles. The molecule has 0 spiro atoms. The Morgan fingerprint density at radius 2 is 1.96 bits per heavy atom. The molecule has 0 radical (unpaired) electrons. The number of carbonyl (C=O) groups is 1. The number of piperazine rings is 1. The minimum Gasteiger partial charge on any atom is -0.352 e. The summed E-state index contributed by atoms with van der Waals surface area (Å²) < 4.78 is 2.05. The second-order valence-electron chi connectivity index (χ2n) is 6.13. The first-order chi connectivity index (χ1) is 12.2. The van der Waals surface area contributed by atoms with Gasteiger partial charge in [-0.2, -0.15) is 0 Å². The maximum atomic E-state index is 12.6. The first-order valence-electron chi connectivity index (χ1n) is 8.33. The average Bonchev–Trinajstić information content (AvgIpc) is 3.05. The van der Waals surface area contributed by atoms with E-state index in [-0.39, 0.29) is 6.03 Å². The third-order valence-corrected chi connectivity index (χ3v) is 4.61. The molecule has 3 aromatic rings. The zero-order valence-electron chi connectivity index (χ0n) is 14.1. The Labute approximate surface area is 145 Å². The monoisotopic (exact) mass is 336 g/mol. The second-order valence-corrected chi connectivity index (χ2v) is 6.13. The van der Waals surface area contributed by atoms with Crippen LogP contribution in [0.25, 0.3) is 10.9 Å². The molecule has 0 atom stereocenters. The van der Waals surface area contributed by atoms with Crippen molar-refractivity contribution in [2.75, 3.05) is 36.4 Å². The van der Waals surface area contributed by atoms with E-state index in [0.717, 1.165) is 35.5 Å². The van der Waals surface area contributed by atoms with Gasteiger partial charge in [0.1, 0.15) is 5.82 Å². The molecule has 0 unspecified atom stereocenters. The smallest absolute Gasteiger partial charge is 0.321 e. The normalized spacial score (nSPS) is 14.8. The van der Waals surface area contributed by atoms with Gasteiger partial charge in [0.2, 0.25) is 0 Å². The van der Waals surface area contributed by atoms with Crippen LogP contribution in [-0.4, -0.2) is 51.6 Å². The van der Waals surface area contributed by atoms with E-state index in [1.807, 2.05) is 47.0 Å². The van der Waals surface area contributed by atoms with Crippen LogP contribution >= 0.6 is 0 Å². The molecule has 1 aromatic carbocycles. The molecule has 7 heteroatoms. The number of nitrogens with one attached hydrogen (secondary N) is 1. The number of aromatic nitrogens is 3. The lowest BCUT2D eigenvalue weighted by atomic mass is 10.2. The van der Waals surface area contributed by atoms with Crippen LogP contribution in [0.1, 0.15) is 0 Å². The van der Waals surface area contributed by atoms with Crippen molar-refractivity contribution in [3.63, 3.8) is 0 Å². The summed E-state index contributed by atoms with van der Waals surface area (Å²) in [6, 6.07) is 7.91. The molecule has 0 aliphatic carbocycles. The van der Waals surface area contributed by atoms with Crippen LogP contribution in [0.4, 0.5) is 16.3 Å². The summed E-state index contributed by atoms with van der Waals surface area (Å²) in [6.07, 6.45) is 7.11. The fraction of sp³-hybridized carbons (Fsp3) is 0.278. The number of aryl methyl sites for hydroxylation is 1. The van der Waals surface area contributed by atoms with Crippen LogP contribution in [0, 0.1) is 0 Å². The van der Waals surface area contributed by atoms with Gasteiger partial charge in [0.05, 0.1) is 11.9 Å². The Bertz CT molecular complexity index is 883. The molecule has 25 heavy (non-hydrogen) atoms. The largest absolute Gasteiger partial charge is 0.352 e. The number of hydrogen-bond acceptors (Lipinski definition) is 4. The predicted molar refractivity (Wildman–Crippen MR) is 97.8 cm³/mol. The van der Waals surface area contributed by atoms with Crippen molar-refractivity contribution in [2.24, 2.45) is 7.05 Å². The second kappa shape index (κ2) is 6.43. The summed E-state index contributed by atoms with van der Waals surface area (Å²) in [4.78, 5) is 25.0. The van der Waals surface area contributed by atoms with Gasteiger partial charge in [-0.15, -0.1) is 0 Å². The van der Waals surface area contributed by atoms with Crippen molar-refractivity contribution in [3.8, 4) is 0 Å². The number of carbonyl (C=O) groups excluding carboxylic acids is 1. The first-order valence-corrected chi connectivity index (χ1v) is 8.33. The van der Waals surface area contributed by atoms with Gasteiger partial charge < -0.3 is 19.7 Å². The summed E-state index contributed by atoms with van der Waals surface area (Å²) in [5.74, 6) is 0.858. The Balaban J connectivity index is 1.42. The fourth-order valence-electron chi connectivity index (χ4n) is 3.20. The van der Waals surface area contributed by atoms with Crippen molar-refractivity contribution in [2.45, 2.75) is 0 Å². The highest BCUT2D eigenvalue weighted by atomic mass is 16.2. The van der Waals surface area contributed by atoms with E-state index in [1.54, 1.807) is 18.6 Å². The Hall–Kier alpha value is -3.09. The van der Waals surface area contributed by atoms with Crippen LogP contribution in [0.2, 0.25) is 0 Å². The Kier molecular flexibility index (Phi) is 3.97. The van der Waals surface area contributed by atoms with Crippen molar-refractivity contribution in [3.05, 3.63) is 49.1 Å². The maximum Gasteiger partial charge on any atom is 0.321 e. The number of amides is 2. The van der Waals surface area contributed by atoms with Gasteiger partial charge in [0.15, 0.2) is 0 Å². The van der Waals surface area contributed by atoms with E-state index >= 15 is 0 Å². The van der Waals surface area contributed by atoms with Gasteiger partial charge in [0.25, 0.3) is 0 Å². The number of anilines is 2. The van der Waals surface area contributed by atoms with Crippen LogP contribution < -0.4 is 10.2 Å². The van der Waals surface area contributed by atoms with Crippen molar-refractivity contribution in [1.29, 1.82) is 0 Å². The molecule has 0 saturated carbocycles. The number of hydrogen-bond donors (Lipinski definition) is 1. The standard InChI is InChI=1S/C18H20N6O/c1-22-8-5-14-15(3-2-4-16(14)22)21-18(25)24-11-9-23(10-12-24)17-13-19-6-7-20-17/h2-8,13H,9-12H2,1H3,(H,21,25). The predicted octanol–water partition coefficient (Wildman–Crippen LogP) is 2.32. The number of benzene rings is 1. The fourth-order valence-corrected chi connectivity index (χ4v) is 3.20. The summed E-state index contributed by atoms with van der Waals surface area (Å²) in [5.41, 5.74) is 1.95. The zero-order valence-corrected chi connectivity index (χ0v) is 14.1. The number of fused-ring (bicyclic) bond motifs is 1. The molecule has 3 heterocycles. The number of urea groups is 1. The van der Waals surface area contributed by atoms with Gasteiger partial charge >= 0.3 is 6.03 Å². The van der Waals surface area contributed by atoms with Gasteiger partial charge in [-0.05, 0) is 18.2 Å². The lowest BCUT2D eigenvalue weighted by Gasteiger charge is -2.35. The van der Waals surface area contributed by atoms with Crippen LogP contribution in [0.3, 0.4) is 0 Å². The zero-order chi connectivity index (χ0) is 17.2. The molecule has 1 saturated heterocycles. The third kappa shape index (κ3) is 3.00. The minimum absolute atomic E-state index is 0.0600. The van der Waals surface area contributed by atoms with Gasteiger partial charge in [-0.25, -0.2) is 9.78 Å².